The van der Waals surface area contributed by atoms with Crippen LogP contribution in [0.3, 0.4) is 0 Å². The molecular weight excluding hydrogens is 300 g/mol. The van der Waals surface area contributed by atoms with Crippen LogP contribution >= 0.6 is 11.5 Å². The number of rotatable bonds is 5. The molecule has 0 bridgehead atoms. The van der Waals surface area contributed by atoms with Crippen LogP contribution in [-0.4, -0.2) is 32.7 Å². The van der Waals surface area contributed by atoms with E-state index in [2.05, 4.69) is 0 Å². The molecule has 0 aromatic carbocycles. The fourth-order valence-electron chi connectivity index (χ4n) is 1.45. The molecule has 9 heteroatoms. The highest BCUT2D eigenvalue weighted by atomic mass is 32.1. The summed E-state index contributed by atoms with van der Waals surface area (Å²) in [6, 6.07) is 0. The summed E-state index contributed by atoms with van der Waals surface area (Å²) in [7, 11) is 0. The number of ether oxygens (including phenoxy) is 2. The first-order valence-corrected chi connectivity index (χ1v) is 7.10. The lowest BCUT2D eigenvalue weighted by Gasteiger charge is -2.19. The van der Waals surface area contributed by atoms with Crippen molar-refractivity contribution in [2.75, 3.05) is 6.61 Å². The molecule has 1 heterocycles. The molecule has 0 saturated heterocycles. The Hall–Kier alpha value is -1.90. The van der Waals surface area contributed by atoms with Gasteiger partial charge >= 0.3 is 22.5 Å². The van der Waals surface area contributed by atoms with Crippen LogP contribution in [0.25, 0.3) is 0 Å². The Labute approximate surface area is 125 Å². The van der Waals surface area contributed by atoms with Crippen molar-refractivity contribution in [3.8, 4) is 0 Å². The van der Waals surface area contributed by atoms with Gasteiger partial charge in [0, 0.05) is 11.5 Å². The van der Waals surface area contributed by atoms with Gasteiger partial charge in [-0.05, 0) is 27.7 Å². The first-order valence-electron chi connectivity index (χ1n) is 6.32. The summed E-state index contributed by atoms with van der Waals surface area (Å²) in [6.45, 7) is 6.02. The second-order valence-corrected chi connectivity index (χ2v) is 6.13. The lowest BCUT2D eigenvalue weighted by atomic mass is 10.2. The Kier molecular flexibility index (Phi) is 5.47. The van der Waals surface area contributed by atoms with Gasteiger partial charge < -0.3 is 9.47 Å². The van der Waals surface area contributed by atoms with E-state index in [9.17, 15) is 19.2 Å². The fourth-order valence-corrected chi connectivity index (χ4v) is 2.23. The average molecular weight is 318 g/mol. The highest BCUT2D eigenvalue weighted by Gasteiger charge is 2.20. The van der Waals surface area contributed by atoms with E-state index in [0.717, 1.165) is 8.52 Å². The number of esters is 2. The van der Waals surface area contributed by atoms with Crippen molar-refractivity contribution < 1.29 is 19.1 Å². The number of aromatic nitrogens is 2. The Morgan fingerprint density at radius 1 is 1.14 bits per heavy atom. The van der Waals surface area contributed by atoms with Crippen molar-refractivity contribution in [3.05, 3.63) is 20.2 Å². The molecule has 0 unspecified atom stereocenters. The van der Waals surface area contributed by atoms with Crippen molar-refractivity contribution in [2.45, 2.75) is 46.4 Å². The number of nitrogens with zero attached hydrogens (tertiary/aromatic N) is 2. The van der Waals surface area contributed by atoms with E-state index in [0.29, 0.717) is 11.5 Å². The van der Waals surface area contributed by atoms with Crippen LogP contribution in [0.4, 0.5) is 0 Å². The van der Waals surface area contributed by atoms with E-state index in [1.807, 2.05) is 0 Å². The lowest BCUT2D eigenvalue weighted by Crippen LogP contribution is -2.35. The first kappa shape index (κ1) is 17.2. The van der Waals surface area contributed by atoms with Crippen molar-refractivity contribution >= 4 is 23.5 Å². The molecule has 0 N–H and O–H groups in total. The van der Waals surface area contributed by atoms with Gasteiger partial charge in [-0.2, -0.15) is 0 Å². The number of carbonyl (C=O) groups excluding carboxylic acids is 2. The van der Waals surface area contributed by atoms with Crippen LogP contribution in [0.2, 0.25) is 0 Å². The first-order chi connectivity index (χ1) is 9.64. The zero-order chi connectivity index (χ0) is 16.2. The minimum atomic E-state index is -0.732. The van der Waals surface area contributed by atoms with E-state index in [4.69, 9.17) is 9.47 Å². The summed E-state index contributed by atoms with van der Waals surface area (Å²) in [5.74, 6) is -1.31. The third kappa shape index (κ3) is 5.18. The molecule has 8 nitrogen and oxygen atoms in total. The summed E-state index contributed by atoms with van der Waals surface area (Å²) in [4.78, 5) is 46.0. The molecule has 0 aliphatic rings. The smallest absolute Gasteiger partial charge is 0.342 e. The largest absolute Gasteiger partial charge is 0.465 e. The lowest BCUT2D eigenvalue weighted by molar-refractivity contribution is -0.155. The Morgan fingerprint density at radius 2 is 1.76 bits per heavy atom. The highest BCUT2D eigenvalue weighted by Crippen LogP contribution is 2.07. The second-order valence-electron chi connectivity index (χ2n) is 5.15. The van der Waals surface area contributed by atoms with Gasteiger partial charge in [0.25, 0.3) is 0 Å². The van der Waals surface area contributed by atoms with Gasteiger partial charge in [-0.3, -0.25) is 14.4 Å². The molecule has 0 aliphatic carbocycles. The average Bonchev–Trinajstić information content (AvgIpc) is 2.55. The van der Waals surface area contributed by atoms with E-state index >= 15 is 0 Å². The quantitative estimate of drug-likeness (QED) is 0.708. The minimum absolute atomic E-state index is 0.182. The third-order valence-electron chi connectivity index (χ3n) is 2.14. The predicted molar refractivity (Wildman–Crippen MR) is 75.3 cm³/mol. The molecule has 0 atom stereocenters. The molecule has 0 spiro atoms. The monoisotopic (exact) mass is 318 g/mol. The minimum Gasteiger partial charge on any atom is -0.465 e. The summed E-state index contributed by atoms with van der Waals surface area (Å²) in [5.41, 5.74) is -1.44. The van der Waals surface area contributed by atoms with Gasteiger partial charge in [-0.15, -0.1) is 0 Å². The standard InChI is InChI=1S/C12H18N2O6S/c1-5-19-8(15)7-14-10(17)13(11(18)21-14)6-9(16)20-12(2,3)4/h5-7H2,1-4H3. The van der Waals surface area contributed by atoms with Crippen LogP contribution in [0.1, 0.15) is 27.7 Å². The van der Waals surface area contributed by atoms with Crippen LogP contribution in [0, 0.1) is 0 Å². The van der Waals surface area contributed by atoms with E-state index in [-0.39, 0.29) is 13.2 Å². The van der Waals surface area contributed by atoms with Crippen molar-refractivity contribution in [3.63, 3.8) is 0 Å². The Balaban J connectivity index is 2.88. The molecule has 21 heavy (non-hydrogen) atoms. The maximum atomic E-state index is 12.0. The van der Waals surface area contributed by atoms with Crippen LogP contribution in [0.5, 0.6) is 0 Å². The molecule has 0 saturated carbocycles. The van der Waals surface area contributed by atoms with Crippen LogP contribution < -0.4 is 10.6 Å². The number of carbonyl (C=O) groups is 2. The third-order valence-corrected chi connectivity index (χ3v) is 3.02. The van der Waals surface area contributed by atoms with Gasteiger partial charge in [-0.25, -0.2) is 13.3 Å². The highest BCUT2D eigenvalue weighted by molar-refractivity contribution is 7.03. The van der Waals surface area contributed by atoms with E-state index in [1.54, 1.807) is 27.7 Å². The maximum absolute atomic E-state index is 12.0. The van der Waals surface area contributed by atoms with Crippen molar-refractivity contribution in [2.24, 2.45) is 0 Å². The zero-order valence-electron chi connectivity index (χ0n) is 12.4. The van der Waals surface area contributed by atoms with Crippen molar-refractivity contribution in [1.82, 2.24) is 8.52 Å². The SMILES string of the molecule is CCOC(=O)Cn1sc(=O)n(CC(=O)OC(C)(C)C)c1=O. The Bertz CT molecular complexity index is 633. The van der Waals surface area contributed by atoms with Gasteiger partial charge in [0.2, 0.25) is 0 Å². The number of hydrogen-bond acceptors (Lipinski definition) is 7. The summed E-state index contributed by atoms with van der Waals surface area (Å²) < 4.78 is 11.4. The molecule has 0 fully saturated rings. The summed E-state index contributed by atoms with van der Waals surface area (Å²) in [5, 5.41) is 0. The van der Waals surface area contributed by atoms with Gasteiger partial charge in [0.15, 0.2) is 0 Å². The Morgan fingerprint density at radius 3 is 2.29 bits per heavy atom. The second kappa shape index (κ2) is 6.70. The number of hydrogen-bond donors (Lipinski definition) is 0. The molecule has 1 aromatic rings. The molecule has 118 valence electrons. The molecule has 0 amide bonds. The van der Waals surface area contributed by atoms with Crippen molar-refractivity contribution in [1.29, 1.82) is 0 Å². The topological polar surface area (TPSA) is 96.6 Å². The molecule has 0 aliphatic heterocycles. The molecular formula is C12H18N2O6S. The van der Waals surface area contributed by atoms with Gasteiger partial charge in [-0.1, -0.05) is 0 Å². The molecule has 0 radical (unpaired) electrons. The predicted octanol–water partition coefficient (Wildman–Crippen LogP) is -0.0237. The van der Waals surface area contributed by atoms with Crippen LogP contribution in [0.15, 0.2) is 9.59 Å². The summed E-state index contributed by atoms with van der Waals surface area (Å²) >= 11 is 0.558. The normalized spacial score (nSPS) is 11.2. The molecule has 1 aromatic heterocycles. The summed E-state index contributed by atoms with van der Waals surface area (Å²) in [6.07, 6.45) is 0. The van der Waals surface area contributed by atoms with Crippen LogP contribution in [-0.2, 0) is 32.2 Å². The maximum Gasteiger partial charge on any atom is 0.342 e. The van der Waals surface area contributed by atoms with Gasteiger partial charge in [0.05, 0.1) is 6.61 Å². The van der Waals surface area contributed by atoms with Gasteiger partial charge in [0.1, 0.15) is 18.7 Å². The zero-order valence-corrected chi connectivity index (χ0v) is 13.2. The van der Waals surface area contributed by atoms with E-state index < -0.39 is 34.6 Å². The fraction of sp³-hybridized carbons (Fsp3) is 0.667. The van der Waals surface area contributed by atoms with E-state index in [1.165, 1.54) is 0 Å². The molecule has 1 rings (SSSR count).